The molecule has 2 aromatic rings. The van der Waals surface area contributed by atoms with Crippen LogP contribution in [-0.2, 0) is 23.2 Å². The summed E-state index contributed by atoms with van der Waals surface area (Å²) in [6.07, 6.45) is -3.26. The molecule has 1 heterocycles. The van der Waals surface area contributed by atoms with E-state index in [0.29, 0.717) is 0 Å². The van der Waals surface area contributed by atoms with Crippen molar-refractivity contribution < 1.29 is 21.6 Å². The zero-order chi connectivity index (χ0) is 15.0. The van der Waals surface area contributed by atoms with E-state index in [1.165, 1.54) is 25.4 Å². The third-order valence-corrected chi connectivity index (χ3v) is 3.95. The van der Waals surface area contributed by atoms with Gasteiger partial charge in [0.05, 0.1) is 11.8 Å². The number of rotatable bonds is 3. The zero-order valence-electron chi connectivity index (χ0n) is 10.2. The molecule has 0 saturated carbocycles. The Bertz CT molecular complexity index is 723. The molecule has 0 bridgehead atoms. The van der Waals surface area contributed by atoms with Crippen LogP contribution in [0.15, 0.2) is 41.6 Å². The molecule has 0 fully saturated rings. The van der Waals surface area contributed by atoms with Crippen LogP contribution in [0.5, 0.6) is 0 Å². The highest BCUT2D eigenvalue weighted by atomic mass is 32.2. The summed E-state index contributed by atoms with van der Waals surface area (Å²) < 4.78 is 64.8. The fourth-order valence-corrected chi connectivity index (χ4v) is 2.77. The zero-order valence-corrected chi connectivity index (χ0v) is 11.0. The molecule has 0 radical (unpaired) electrons. The van der Waals surface area contributed by atoms with Gasteiger partial charge < -0.3 is 0 Å². The number of hydrogen-bond donors (Lipinski definition) is 1. The van der Waals surface area contributed by atoms with Crippen molar-refractivity contribution >= 4 is 15.7 Å². The number of nitrogens with one attached hydrogen (secondary N) is 1. The number of benzene rings is 1. The first-order valence-electron chi connectivity index (χ1n) is 5.38. The lowest BCUT2D eigenvalue weighted by molar-refractivity contribution is -0.137. The van der Waals surface area contributed by atoms with Crippen molar-refractivity contribution in [3.8, 4) is 0 Å². The van der Waals surface area contributed by atoms with Crippen molar-refractivity contribution in [2.75, 3.05) is 4.72 Å². The molecule has 1 aromatic carbocycles. The topological polar surface area (TPSA) is 64.0 Å². The van der Waals surface area contributed by atoms with Crippen LogP contribution >= 0.6 is 0 Å². The van der Waals surface area contributed by atoms with Crippen molar-refractivity contribution in [3.63, 3.8) is 0 Å². The molecule has 5 nitrogen and oxygen atoms in total. The molecule has 0 spiro atoms. The summed E-state index contributed by atoms with van der Waals surface area (Å²) in [7, 11) is -2.56. The first kappa shape index (κ1) is 14.4. The highest BCUT2D eigenvalue weighted by Crippen LogP contribution is 2.31. The van der Waals surface area contributed by atoms with Crippen molar-refractivity contribution in [2.45, 2.75) is 11.2 Å². The second-order valence-electron chi connectivity index (χ2n) is 3.98. The molecule has 1 N–H and O–H groups in total. The van der Waals surface area contributed by atoms with Gasteiger partial charge in [-0.25, -0.2) is 0 Å². The molecule has 108 valence electrons. The Morgan fingerprint density at radius 3 is 2.50 bits per heavy atom. The number of anilines is 1. The normalized spacial score (nSPS) is 12.4. The number of halogens is 3. The lowest BCUT2D eigenvalue weighted by atomic mass is 10.2. The van der Waals surface area contributed by atoms with Gasteiger partial charge in [-0.05, 0) is 24.3 Å². The quantitative estimate of drug-likeness (QED) is 0.946. The predicted octanol–water partition coefficient (Wildman–Crippen LogP) is 2.24. The Kier molecular flexibility index (Phi) is 3.46. The molecule has 0 unspecified atom stereocenters. The average molecular weight is 305 g/mol. The molecule has 0 aliphatic rings. The van der Waals surface area contributed by atoms with Gasteiger partial charge in [0.25, 0.3) is 10.0 Å². The predicted molar refractivity (Wildman–Crippen MR) is 65.5 cm³/mol. The number of hydrogen-bond acceptors (Lipinski definition) is 3. The number of aromatic nitrogens is 2. The minimum absolute atomic E-state index is 0.144. The summed E-state index contributed by atoms with van der Waals surface area (Å²) >= 11 is 0. The summed E-state index contributed by atoms with van der Waals surface area (Å²) in [6, 6.07) is 5.21. The molecule has 0 aliphatic carbocycles. The third kappa shape index (κ3) is 2.93. The van der Waals surface area contributed by atoms with Crippen LogP contribution in [0.1, 0.15) is 5.56 Å². The minimum Gasteiger partial charge on any atom is -0.278 e. The van der Waals surface area contributed by atoms with Crippen LogP contribution in [0.3, 0.4) is 0 Å². The van der Waals surface area contributed by atoms with E-state index < -0.39 is 21.8 Å². The van der Waals surface area contributed by atoms with E-state index in [1.54, 1.807) is 0 Å². The Morgan fingerprint density at radius 2 is 1.95 bits per heavy atom. The van der Waals surface area contributed by atoms with Crippen LogP contribution in [0.25, 0.3) is 0 Å². The summed E-state index contributed by atoms with van der Waals surface area (Å²) in [5, 5.41) is 3.56. The van der Waals surface area contributed by atoms with Gasteiger partial charge >= 0.3 is 6.18 Å². The van der Waals surface area contributed by atoms with E-state index in [9.17, 15) is 21.6 Å². The van der Waals surface area contributed by atoms with E-state index in [-0.39, 0.29) is 10.7 Å². The molecule has 0 aliphatic heterocycles. The molecule has 2 rings (SSSR count). The molecule has 20 heavy (non-hydrogen) atoms. The van der Waals surface area contributed by atoms with E-state index in [2.05, 4.69) is 9.82 Å². The Morgan fingerprint density at radius 1 is 1.25 bits per heavy atom. The first-order valence-corrected chi connectivity index (χ1v) is 6.86. The van der Waals surface area contributed by atoms with Gasteiger partial charge in [0, 0.05) is 12.7 Å². The van der Waals surface area contributed by atoms with E-state index in [4.69, 9.17) is 0 Å². The second kappa shape index (κ2) is 4.82. The van der Waals surface area contributed by atoms with Gasteiger partial charge in [-0.2, -0.15) is 26.7 Å². The minimum atomic E-state index is -4.53. The maximum absolute atomic E-state index is 12.5. The van der Waals surface area contributed by atoms with Crippen LogP contribution in [0, 0.1) is 0 Å². The summed E-state index contributed by atoms with van der Waals surface area (Å²) in [5.41, 5.74) is -1.09. The molecular formula is C11H10F3N3O2S. The lowest BCUT2D eigenvalue weighted by Gasteiger charge is -2.11. The van der Waals surface area contributed by atoms with E-state index >= 15 is 0 Å². The summed E-state index contributed by atoms with van der Waals surface area (Å²) in [5.74, 6) is 0. The van der Waals surface area contributed by atoms with Crippen molar-refractivity contribution in [2.24, 2.45) is 7.05 Å². The monoisotopic (exact) mass is 305 g/mol. The first-order chi connectivity index (χ1) is 9.20. The third-order valence-electron chi connectivity index (χ3n) is 2.49. The highest BCUT2D eigenvalue weighted by Gasteiger charge is 2.30. The number of sulfonamides is 1. The largest absolute Gasteiger partial charge is 0.416 e. The fourth-order valence-electron chi connectivity index (χ4n) is 1.59. The van der Waals surface area contributed by atoms with E-state index in [0.717, 1.165) is 22.9 Å². The van der Waals surface area contributed by atoms with E-state index in [1.807, 2.05) is 0 Å². The standard InChI is InChI=1S/C11H10F3N3O2S/c1-17-10(5-6-15-17)20(18,19)16-9-4-2-3-8(7-9)11(12,13)14/h2-7,16H,1H3. The number of aryl methyl sites for hydroxylation is 1. The maximum Gasteiger partial charge on any atom is 0.416 e. The van der Waals surface area contributed by atoms with Crippen LogP contribution in [-0.4, -0.2) is 18.2 Å². The van der Waals surface area contributed by atoms with Gasteiger partial charge in [-0.3, -0.25) is 9.40 Å². The van der Waals surface area contributed by atoms with Gasteiger partial charge in [0.1, 0.15) is 0 Å². The summed E-state index contributed by atoms with van der Waals surface area (Å²) in [6.45, 7) is 0. The van der Waals surface area contributed by atoms with Crippen molar-refractivity contribution in [1.82, 2.24) is 9.78 Å². The number of nitrogens with zero attached hydrogens (tertiary/aromatic N) is 2. The van der Waals surface area contributed by atoms with Gasteiger partial charge in [0.15, 0.2) is 5.03 Å². The molecule has 0 saturated heterocycles. The smallest absolute Gasteiger partial charge is 0.278 e. The van der Waals surface area contributed by atoms with Gasteiger partial charge in [-0.15, -0.1) is 0 Å². The van der Waals surface area contributed by atoms with Crippen molar-refractivity contribution in [3.05, 3.63) is 42.1 Å². The SMILES string of the molecule is Cn1nccc1S(=O)(=O)Nc1cccc(C(F)(F)F)c1. The number of alkyl halides is 3. The molecule has 0 amide bonds. The Balaban J connectivity index is 2.34. The second-order valence-corrected chi connectivity index (χ2v) is 5.61. The Labute approximate surface area is 113 Å². The molecule has 0 atom stereocenters. The highest BCUT2D eigenvalue weighted by molar-refractivity contribution is 7.92. The fraction of sp³-hybridized carbons (Fsp3) is 0.182. The van der Waals surface area contributed by atoms with Gasteiger partial charge in [-0.1, -0.05) is 6.07 Å². The van der Waals surface area contributed by atoms with Crippen LogP contribution in [0.4, 0.5) is 18.9 Å². The van der Waals surface area contributed by atoms with Crippen LogP contribution < -0.4 is 4.72 Å². The maximum atomic E-state index is 12.5. The molecular weight excluding hydrogens is 295 g/mol. The van der Waals surface area contributed by atoms with Crippen molar-refractivity contribution in [1.29, 1.82) is 0 Å². The lowest BCUT2D eigenvalue weighted by Crippen LogP contribution is -2.17. The van der Waals surface area contributed by atoms with Gasteiger partial charge in [0.2, 0.25) is 0 Å². The summed E-state index contributed by atoms with van der Waals surface area (Å²) in [4.78, 5) is 0. The molecule has 9 heteroatoms. The molecule has 1 aromatic heterocycles. The van der Waals surface area contributed by atoms with Crippen LogP contribution in [0.2, 0.25) is 0 Å². The average Bonchev–Trinajstić information content (AvgIpc) is 2.75. The Hall–Kier alpha value is -2.03.